The zero-order chi connectivity index (χ0) is 14.8. The molecule has 1 aromatic carbocycles. The van der Waals surface area contributed by atoms with Gasteiger partial charge in [-0.2, -0.15) is 8.78 Å². The van der Waals surface area contributed by atoms with Gasteiger partial charge in [-0.3, -0.25) is 4.79 Å². The van der Waals surface area contributed by atoms with E-state index in [9.17, 15) is 13.6 Å². The lowest BCUT2D eigenvalue weighted by Crippen LogP contribution is -2.42. The van der Waals surface area contributed by atoms with Crippen LogP contribution in [0.3, 0.4) is 0 Å². The summed E-state index contributed by atoms with van der Waals surface area (Å²) >= 11 is 0. The molecule has 2 saturated heterocycles. The molecule has 2 aliphatic heterocycles. The molecule has 0 aliphatic carbocycles. The Balaban J connectivity index is 0.00000176. The van der Waals surface area contributed by atoms with Gasteiger partial charge in [0.15, 0.2) is 0 Å². The molecule has 2 fully saturated rings. The summed E-state index contributed by atoms with van der Waals surface area (Å²) in [4.78, 5) is 14.6. The van der Waals surface area contributed by atoms with E-state index in [2.05, 4.69) is 10.1 Å². The van der Waals surface area contributed by atoms with E-state index in [0.717, 1.165) is 32.4 Å². The number of alkyl halides is 2. The maximum absolute atomic E-state index is 12.8. The third kappa shape index (κ3) is 3.33. The molecule has 0 aromatic heterocycles. The van der Waals surface area contributed by atoms with Gasteiger partial charge in [-0.25, -0.2) is 0 Å². The Labute approximate surface area is 134 Å². The van der Waals surface area contributed by atoms with E-state index in [-0.39, 0.29) is 41.7 Å². The van der Waals surface area contributed by atoms with Crippen molar-refractivity contribution in [3.05, 3.63) is 29.8 Å². The van der Waals surface area contributed by atoms with Gasteiger partial charge in [-0.15, -0.1) is 12.4 Å². The highest BCUT2D eigenvalue weighted by atomic mass is 35.5. The molecule has 2 aliphatic rings. The molecule has 2 atom stereocenters. The first kappa shape index (κ1) is 17.0. The summed E-state index contributed by atoms with van der Waals surface area (Å²) in [5, 5.41) is 3.32. The van der Waals surface area contributed by atoms with E-state index < -0.39 is 6.61 Å². The first-order valence-corrected chi connectivity index (χ1v) is 7.24. The van der Waals surface area contributed by atoms with Crippen molar-refractivity contribution in [2.24, 2.45) is 0 Å². The zero-order valence-corrected chi connectivity index (χ0v) is 12.8. The van der Waals surface area contributed by atoms with Crippen LogP contribution in [0.2, 0.25) is 0 Å². The molecule has 0 radical (unpaired) electrons. The molecule has 7 heteroatoms. The summed E-state index contributed by atoms with van der Waals surface area (Å²) in [5.41, 5.74) is 0.219. The molecule has 22 heavy (non-hydrogen) atoms. The van der Waals surface area contributed by atoms with Gasteiger partial charge < -0.3 is 15.0 Å². The van der Waals surface area contributed by atoms with Crippen LogP contribution in [0.15, 0.2) is 24.3 Å². The Hall–Kier alpha value is -1.40. The van der Waals surface area contributed by atoms with Crippen molar-refractivity contribution >= 4 is 18.3 Å². The lowest BCUT2D eigenvalue weighted by Gasteiger charge is -2.28. The molecule has 2 bridgehead atoms. The van der Waals surface area contributed by atoms with Crippen molar-refractivity contribution < 1.29 is 18.3 Å². The monoisotopic (exact) mass is 332 g/mol. The third-order valence-corrected chi connectivity index (χ3v) is 4.22. The smallest absolute Gasteiger partial charge is 0.387 e. The SMILES string of the molecule is Cl.O=C(c1ccccc1OC(F)F)N1C2CCNCC1CC2. The summed E-state index contributed by atoms with van der Waals surface area (Å²) in [6.07, 6.45) is 2.84. The van der Waals surface area contributed by atoms with E-state index in [1.165, 1.54) is 6.07 Å². The summed E-state index contributed by atoms with van der Waals surface area (Å²) in [7, 11) is 0. The molecular weight excluding hydrogens is 314 g/mol. The van der Waals surface area contributed by atoms with Crippen LogP contribution in [0.4, 0.5) is 8.78 Å². The number of carbonyl (C=O) groups is 1. The molecule has 122 valence electrons. The second kappa shape index (κ2) is 7.24. The lowest BCUT2D eigenvalue weighted by molar-refractivity contribution is -0.0503. The Morgan fingerprint density at radius 3 is 2.73 bits per heavy atom. The molecule has 1 amide bonds. The van der Waals surface area contributed by atoms with Gasteiger partial charge in [0.25, 0.3) is 5.91 Å². The fraction of sp³-hybridized carbons (Fsp3) is 0.533. The number of halogens is 3. The molecule has 4 nitrogen and oxygen atoms in total. The van der Waals surface area contributed by atoms with Crippen LogP contribution in [-0.2, 0) is 0 Å². The molecule has 2 unspecified atom stereocenters. The van der Waals surface area contributed by atoms with Crippen molar-refractivity contribution in [3.8, 4) is 5.75 Å². The number of benzene rings is 1. The normalized spacial score (nSPS) is 23.9. The Morgan fingerprint density at radius 1 is 1.23 bits per heavy atom. The molecule has 2 heterocycles. The highest BCUT2D eigenvalue weighted by molar-refractivity contribution is 5.97. The maximum Gasteiger partial charge on any atom is 0.387 e. The molecule has 0 saturated carbocycles. The van der Waals surface area contributed by atoms with Gasteiger partial charge in [0.05, 0.1) is 5.56 Å². The second-order valence-electron chi connectivity index (χ2n) is 5.46. The summed E-state index contributed by atoms with van der Waals surface area (Å²) < 4.78 is 29.4. The van der Waals surface area contributed by atoms with Gasteiger partial charge in [-0.1, -0.05) is 12.1 Å². The van der Waals surface area contributed by atoms with Crippen molar-refractivity contribution in [1.82, 2.24) is 10.2 Å². The van der Waals surface area contributed by atoms with Gasteiger partial charge in [-0.05, 0) is 37.9 Å². The van der Waals surface area contributed by atoms with Crippen LogP contribution in [-0.4, -0.2) is 42.6 Å². The first-order valence-electron chi connectivity index (χ1n) is 7.24. The van der Waals surface area contributed by atoms with Crippen molar-refractivity contribution in [2.75, 3.05) is 13.1 Å². The molecule has 1 N–H and O–H groups in total. The van der Waals surface area contributed by atoms with Gasteiger partial charge in [0.1, 0.15) is 5.75 Å². The predicted octanol–water partition coefficient (Wildman–Crippen LogP) is 2.68. The molecule has 0 spiro atoms. The number of ether oxygens (including phenoxy) is 1. The molecule has 3 rings (SSSR count). The van der Waals surface area contributed by atoms with Crippen molar-refractivity contribution in [2.45, 2.75) is 38.0 Å². The average Bonchev–Trinajstić information content (AvgIpc) is 2.71. The fourth-order valence-electron chi connectivity index (χ4n) is 3.30. The van der Waals surface area contributed by atoms with Crippen LogP contribution < -0.4 is 10.1 Å². The minimum atomic E-state index is -2.93. The Bertz CT molecular complexity index is 516. The quantitative estimate of drug-likeness (QED) is 0.925. The lowest BCUT2D eigenvalue weighted by atomic mass is 10.1. The zero-order valence-electron chi connectivity index (χ0n) is 12.0. The van der Waals surface area contributed by atoms with Crippen molar-refractivity contribution in [1.29, 1.82) is 0 Å². The summed E-state index contributed by atoms with van der Waals surface area (Å²) in [6, 6.07) is 6.56. The second-order valence-corrected chi connectivity index (χ2v) is 5.46. The van der Waals surface area contributed by atoms with Crippen LogP contribution in [0.5, 0.6) is 5.75 Å². The number of rotatable bonds is 3. The molecule has 1 aromatic rings. The van der Waals surface area contributed by atoms with Crippen LogP contribution >= 0.6 is 12.4 Å². The minimum Gasteiger partial charge on any atom is -0.434 e. The summed E-state index contributed by atoms with van der Waals surface area (Å²) in [5.74, 6) is -0.253. The predicted molar refractivity (Wildman–Crippen MR) is 80.8 cm³/mol. The standard InChI is InChI=1S/C15H18F2N2O2.ClH/c16-15(17)21-13-4-2-1-3-12(13)14(20)19-10-5-6-11(19)9-18-8-7-10;/h1-4,10-11,15,18H,5-9H2;1H. The number of fused-ring (bicyclic) bond motifs is 2. The fourth-order valence-corrected chi connectivity index (χ4v) is 3.30. The number of nitrogens with one attached hydrogen (secondary N) is 1. The highest BCUT2D eigenvalue weighted by Gasteiger charge is 2.39. The van der Waals surface area contributed by atoms with Gasteiger partial charge >= 0.3 is 6.61 Å². The van der Waals surface area contributed by atoms with E-state index in [0.29, 0.717) is 0 Å². The number of hydrogen-bond donors (Lipinski definition) is 1. The van der Waals surface area contributed by atoms with Crippen LogP contribution in [0, 0.1) is 0 Å². The van der Waals surface area contributed by atoms with E-state index in [4.69, 9.17) is 0 Å². The Morgan fingerprint density at radius 2 is 1.95 bits per heavy atom. The van der Waals surface area contributed by atoms with Gasteiger partial charge in [0.2, 0.25) is 0 Å². The highest BCUT2D eigenvalue weighted by Crippen LogP contribution is 2.32. The largest absolute Gasteiger partial charge is 0.434 e. The van der Waals surface area contributed by atoms with Crippen LogP contribution in [0.25, 0.3) is 0 Å². The minimum absolute atomic E-state index is 0. The number of carbonyl (C=O) groups excluding carboxylic acids is 1. The number of nitrogens with zero attached hydrogens (tertiary/aromatic N) is 1. The number of para-hydroxylation sites is 1. The Kier molecular flexibility index (Phi) is 5.58. The number of amides is 1. The topological polar surface area (TPSA) is 41.6 Å². The van der Waals surface area contributed by atoms with Crippen molar-refractivity contribution in [3.63, 3.8) is 0 Å². The average molecular weight is 333 g/mol. The van der Waals surface area contributed by atoms with Crippen LogP contribution in [0.1, 0.15) is 29.6 Å². The van der Waals surface area contributed by atoms with E-state index >= 15 is 0 Å². The number of hydrogen-bond acceptors (Lipinski definition) is 3. The summed E-state index contributed by atoms with van der Waals surface area (Å²) in [6.45, 7) is -1.28. The molecular formula is C15H19ClF2N2O2. The van der Waals surface area contributed by atoms with E-state index in [1.807, 2.05) is 4.90 Å². The maximum atomic E-state index is 12.8. The third-order valence-electron chi connectivity index (χ3n) is 4.22. The van der Waals surface area contributed by atoms with E-state index in [1.54, 1.807) is 18.2 Å². The first-order chi connectivity index (χ1) is 10.2. The van der Waals surface area contributed by atoms with Gasteiger partial charge in [0, 0.05) is 18.6 Å².